The Kier molecular flexibility index (Phi) is 7.52. The van der Waals surface area contributed by atoms with Crippen LogP contribution in [0, 0.1) is 17.8 Å². The van der Waals surface area contributed by atoms with E-state index in [0.29, 0.717) is 30.7 Å². The number of aliphatic hydroxyl groups excluding tert-OH is 1. The SMILES string of the molecule is CC(C)C(CCN)CCC(=O)N1CCC(C(C)O)CC1. The molecule has 1 amide bonds. The summed E-state index contributed by atoms with van der Waals surface area (Å²) in [5.41, 5.74) is 5.64. The molecule has 2 unspecified atom stereocenters. The zero-order valence-corrected chi connectivity index (χ0v) is 13.3. The topological polar surface area (TPSA) is 66.6 Å². The average Bonchev–Trinajstić information content (AvgIpc) is 2.42. The van der Waals surface area contributed by atoms with Gasteiger partial charge in [-0.3, -0.25) is 4.79 Å². The third-order valence-electron chi connectivity index (χ3n) is 4.78. The van der Waals surface area contributed by atoms with E-state index < -0.39 is 0 Å². The molecule has 0 saturated carbocycles. The van der Waals surface area contributed by atoms with E-state index in [1.165, 1.54) is 0 Å². The minimum atomic E-state index is -0.248. The molecule has 1 saturated heterocycles. The van der Waals surface area contributed by atoms with Crippen molar-refractivity contribution in [3.05, 3.63) is 0 Å². The minimum absolute atomic E-state index is 0.248. The maximum Gasteiger partial charge on any atom is 0.222 e. The molecule has 20 heavy (non-hydrogen) atoms. The van der Waals surface area contributed by atoms with Gasteiger partial charge in [-0.1, -0.05) is 13.8 Å². The molecule has 4 heteroatoms. The van der Waals surface area contributed by atoms with Gasteiger partial charge in [0.1, 0.15) is 0 Å². The van der Waals surface area contributed by atoms with Crippen molar-refractivity contribution in [2.75, 3.05) is 19.6 Å². The van der Waals surface area contributed by atoms with Crippen LogP contribution in [0.2, 0.25) is 0 Å². The Hall–Kier alpha value is -0.610. The lowest BCUT2D eigenvalue weighted by molar-refractivity contribution is -0.133. The number of nitrogens with zero attached hydrogens (tertiary/aromatic N) is 1. The smallest absolute Gasteiger partial charge is 0.222 e. The zero-order valence-electron chi connectivity index (χ0n) is 13.3. The summed E-state index contributed by atoms with van der Waals surface area (Å²) in [5.74, 6) is 1.78. The molecule has 1 rings (SSSR count). The van der Waals surface area contributed by atoms with Crippen molar-refractivity contribution in [3.8, 4) is 0 Å². The summed E-state index contributed by atoms with van der Waals surface area (Å²) in [6.07, 6.45) is 4.21. The molecule has 4 nitrogen and oxygen atoms in total. The fourth-order valence-electron chi connectivity index (χ4n) is 3.12. The number of piperidine rings is 1. The van der Waals surface area contributed by atoms with Gasteiger partial charge in [0.2, 0.25) is 5.91 Å². The van der Waals surface area contributed by atoms with Gasteiger partial charge in [-0.15, -0.1) is 0 Å². The summed E-state index contributed by atoms with van der Waals surface area (Å²) in [6.45, 7) is 8.58. The molecular weight excluding hydrogens is 252 g/mol. The Morgan fingerprint density at radius 3 is 2.30 bits per heavy atom. The molecule has 0 aromatic rings. The summed E-state index contributed by atoms with van der Waals surface area (Å²) in [7, 11) is 0. The van der Waals surface area contributed by atoms with Crippen LogP contribution in [-0.4, -0.2) is 41.7 Å². The van der Waals surface area contributed by atoms with Gasteiger partial charge in [0.15, 0.2) is 0 Å². The normalized spacial score (nSPS) is 20.2. The molecule has 1 aliphatic heterocycles. The Bertz CT molecular complexity index is 284. The number of carbonyl (C=O) groups is 1. The van der Waals surface area contributed by atoms with Crippen molar-refractivity contribution < 1.29 is 9.90 Å². The van der Waals surface area contributed by atoms with Gasteiger partial charge in [0.25, 0.3) is 0 Å². The van der Waals surface area contributed by atoms with Crippen molar-refractivity contribution in [1.82, 2.24) is 4.90 Å². The van der Waals surface area contributed by atoms with Gasteiger partial charge in [-0.05, 0) is 56.9 Å². The number of likely N-dealkylation sites (tertiary alicyclic amines) is 1. The first kappa shape index (κ1) is 17.4. The van der Waals surface area contributed by atoms with E-state index in [2.05, 4.69) is 13.8 Å². The maximum atomic E-state index is 12.2. The van der Waals surface area contributed by atoms with E-state index in [0.717, 1.165) is 38.8 Å². The Morgan fingerprint density at radius 2 is 1.85 bits per heavy atom. The molecule has 0 aliphatic carbocycles. The van der Waals surface area contributed by atoms with Crippen LogP contribution in [0.25, 0.3) is 0 Å². The molecule has 0 aromatic heterocycles. The van der Waals surface area contributed by atoms with Crippen molar-refractivity contribution >= 4 is 5.91 Å². The molecule has 118 valence electrons. The van der Waals surface area contributed by atoms with E-state index in [-0.39, 0.29) is 12.0 Å². The van der Waals surface area contributed by atoms with Crippen molar-refractivity contribution in [2.45, 2.75) is 59.0 Å². The van der Waals surface area contributed by atoms with E-state index in [9.17, 15) is 9.90 Å². The average molecular weight is 284 g/mol. The molecule has 1 heterocycles. The fraction of sp³-hybridized carbons (Fsp3) is 0.938. The summed E-state index contributed by atoms with van der Waals surface area (Å²) in [6, 6.07) is 0. The van der Waals surface area contributed by atoms with Gasteiger partial charge in [0.05, 0.1) is 6.10 Å². The number of hydrogen-bond donors (Lipinski definition) is 2. The van der Waals surface area contributed by atoms with Crippen LogP contribution >= 0.6 is 0 Å². The Labute approximate surface area is 123 Å². The predicted octanol–water partition coefficient (Wildman–Crippen LogP) is 2.01. The summed E-state index contributed by atoms with van der Waals surface area (Å²) in [5, 5.41) is 9.58. The molecule has 3 N–H and O–H groups in total. The lowest BCUT2D eigenvalue weighted by atomic mass is 9.87. The second kappa shape index (κ2) is 8.63. The van der Waals surface area contributed by atoms with Gasteiger partial charge in [0, 0.05) is 19.5 Å². The van der Waals surface area contributed by atoms with Crippen LogP contribution in [0.4, 0.5) is 0 Å². The van der Waals surface area contributed by atoms with Crippen LogP contribution in [0.15, 0.2) is 0 Å². The first-order chi connectivity index (χ1) is 9.45. The lowest BCUT2D eigenvalue weighted by Crippen LogP contribution is -2.40. The third-order valence-corrected chi connectivity index (χ3v) is 4.78. The van der Waals surface area contributed by atoms with Crippen LogP contribution in [0.5, 0.6) is 0 Å². The van der Waals surface area contributed by atoms with Crippen LogP contribution in [0.3, 0.4) is 0 Å². The molecular formula is C16H32N2O2. The van der Waals surface area contributed by atoms with E-state index >= 15 is 0 Å². The fourth-order valence-corrected chi connectivity index (χ4v) is 3.12. The second-order valence-electron chi connectivity index (χ2n) is 6.58. The van der Waals surface area contributed by atoms with Crippen molar-refractivity contribution in [1.29, 1.82) is 0 Å². The highest BCUT2D eigenvalue weighted by Gasteiger charge is 2.25. The van der Waals surface area contributed by atoms with E-state index in [4.69, 9.17) is 5.73 Å². The standard InChI is InChI=1S/C16H32N2O2/c1-12(2)14(6-9-17)4-5-16(20)18-10-7-15(8-11-18)13(3)19/h12-15,19H,4-11,17H2,1-3H3. The Balaban J connectivity index is 2.33. The molecule has 0 aromatic carbocycles. The van der Waals surface area contributed by atoms with Gasteiger partial charge >= 0.3 is 0 Å². The molecule has 1 fully saturated rings. The first-order valence-electron chi connectivity index (χ1n) is 8.11. The van der Waals surface area contributed by atoms with Crippen molar-refractivity contribution in [2.24, 2.45) is 23.5 Å². The van der Waals surface area contributed by atoms with E-state index in [1.807, 2.05) is 11.8 Å². The number of carbonyl (C=O) groups excluding carboxylic acids is 1. The number of nitrogens with two attached hydrogens (primary N) is 1. The lowest BCUT2D eigenvalue weighted by Gasteiger charge is -2.33. The number of amides is 1. The second-order valence-corrected chi connectivity index (χ2v) is 6.58. The molecule has 0 radical (unpaired) electrons. The maximum absolute atomic E-state index is 12.2. The molecule has 1 aliphatic rings. The highest BCUT2D eigenvalue weighted by Crippen LogP contribution is 2.24. The van der Waals surface area contributed by atoms with E-state index in [1.54, 1.807) is 0 Å². The molecule has 2 atom stereocenters. The zero-order chi connectivity index (χ0) is 15.1. The highest BCUT2D eigenvalue weighted by molar-refractivity contribution is 5.76. The summed E-state index contributed by atoms with van der Waals surface area (Å²) < 4.78 is 0. The third kappa shape index (κ3) is 5.41. The number of hydrogen-bond acceptors (Lipinski definition) is 3. The van der Waals surface area contributed by atoms with Gasteiger partial charge < -0.3 is 15.7 Å². The monoisotopic (exact) mass is 284 g/mol. The largest absolute Gasteiger partial charge is 0.393 e. The number of aliphatic hydroxyl groups is 1. The van der Waals surface area contributed by atoms with Crippen LogP contribution in [-0.2, 0) is 4.79 Å². The number of rotatable bonds is 7. The minimum Gasteiger partial charge on any atom is -0.393 e. The van der Waals surface area contributed by atoms with Crippen LogP contribution in [0.1, 0.15) is 52.9 Å². The van der Waals surface area contributed by atoms with Gasteiger partial charge in [-0.25, -0.2) is 0 Å². The van der Waals surface area contributed by atoms with Crippen molar-refractivity contribution in [3.63, 3.8) is 0 Å². The molecule has 0 spiro atoms. The highest BCUT2D eigenvalue weighted by atomic mass is 16.3. The Morgan fingerprint density at radius 1 is 1.25 bits per heavy atom. The van der Waals surface area contributed by atoms with Crippen LogP contribution < -0.4 is 5.73 Å². The first-order valence-corrected chi connectivity index (χ1v) is 8.11. The quantitative estimate of drug-likeness (QED) is 0.751. The van der Waals surface area contributed by atoms with Gasteiger partial charge in [-0.2, -0.15) is 0 Å². The summed E-state index contributed by atoms with van der Waals surface area (Å²) >= 11 is 0. The molecule has 0 bridgehead atoms. The summed E-state index contributed by atoms with van der Waals surface area (Å²) in [4.78, 5) is 14.2. The predicted molar refractivity (Wildman–Crippen MR) is 82.2 cm³/mol.